The molecule has 1 saturated carbocycles. The molecule has 1 N–H and O–H groups in total. The lowest BCUT2D eigenvalue weighted by atomic mass is 9.92. The third-order valence-electron chi connectivity index (χ3n) is 4.41. The average Bonchev–Trinajstić information content (AvgIpc) is 3.23. The largest absolute Gasteiger partial charge is 0.474 e. The van der Waals surface area contributed by atoms with Gasteiger partial charge in [0.15, 0.2) is 11.5 Å². The van der Waals surface area contributed by atoms with Gasteiger partial charge in [-0.1, -0.05) is 0 Å². The molecule has 3 aromatic heterocycles. The van der Waals surface area contributed by atoms with Crippen LogP contribution in [0.25, 0.3) is 11.3 Å². The van der Waals surface area contributed by atoms with Gasteiger partial charge in [-0.2, -0.15) is 18.3 Å². The number of aromatic amines is 1. The van der Waals surface area contributed by atoms with Crippen LogP contribution in [0.15, 0.2) is 33.7 Å². The third-order valence-corrected chi connectivity index (χ3v) is 5.35. The minimum Gasteiger partial charge on any atom is -0.474 e. The normalized spacial score (nSPS) is 19.2. The van der Waals surface area contributed by atoms with Gasteiger partial charge in [0.1, 0.15) is 6.10 Å². The van der Waals surface area contributed by atoms with E-state index in [0.29, 0.717) is 35.1 Å². The number of pyridine rings is 1. The van der Waals surface area contributed by atoms with Crippen molar-refractivity contribution in [1.82, 2.24) is 15.1 Å². The lowest BCUT2D eigenvalue weighted by molar-refractivity contribution is -0.143. The zero-order valence-electron chi connectivity index (χ0n) is 15.2. The summed E-state index contributed by atoms with van der Waals surface area (Å²) in [6.07, 6.45) is -2.11. The maximum Gasteiger partial charge on any atom is 0.434 e. The molecule has 0 saturated heterocycles. The maximum absolute atomic E-state index is 13.0. The number of thiazole rings is 1. The van der Waals surface area contributed by atoms with E-state index in [1.807, 2.05) is 0 Å². The zero-order valence-corrected chi connectivity index (χ0v) is 16.0. The molecular formula is C18H16F3N3O4S. The highest BCUT2D eigenvalue weighted by molar-refractivity contribution is 7.11. The summed E-state index contributed by atoms with van der Waals surface area (Å²) in [7, 11) is 0. The summed E-state index contributed by atoms with van der Waals surface area (Å²) in [5.74, 6) is 0.787. The Hall–Kier alpha value is -2.66. The fraction of sp³-hybridized carbons (Fsp3) is 0.389. The molecule has 1 fully saturated rings. The Balaban J connectivity index is 1.26. The summed E-state index contributed by atoms with van der Waals surface area (Å²) in [5, 5.41) is 2.57. The molecule has 7 nitrogen and oxygen atoms in total. The van der Waals surface area contributed by atoms with E-state index >= 15 is 0 Å². The monoisotopic (exact) mass is 427 g/mol. The van der Waals surface area contributed by atoms with Crippen LogP contribution in [0.1, 0.15) is 28.4 Å². The number of halogens is 3. The zero-order chi connectivity index (χ0) is 20.6. The molecule has 0 amide bonds. The van der Waals surface area contributed by atoms with Gasteiger partial charge in [0.2, 0.25) is 5.88 Å². The average molecular weight is 427 g/mol. The van der Waals surface area contributed by atoms with E-state index in [2.05, 4.69) is 15.1 Å². The fourth-order valence-corrected chi connectivity index (χ4v) is 3.80. The van der Waals surface area contributed by atoms with Crippen LogP contribution in [-0.2, 0) is 17.5 Å². The standard InChI is InChI=1S/C18H16F3N3O4S/c1-9-23-17(18(19,20)21)14(29-9)8-26-11-4-12(5-11)27-16-3-2-10(7-22-16)13-6-15(25)24-28-13/h2-3,6-7,11-12H,4-5,8H2,1H3,(H,24,25). The third kappa shape index (κ3) is 4.51. The first kappa shape index (κ1) is 19.6. The Morgan fingerprint density at radius 2 is 2.10 bits per heavy atom. The number of alkyl halides is 3. The molecule has 3 aromatic rings. The summed E-state index contributed by atoms with van der Waals surface area (Å²) in [5.41, 5.74) is -0.572. The first-order valence-corrected chi connectivity index (χ1v) is 9.56. The SMILES string of the molecule is Cc1nc(C(F)(F)F)c(COC2CC(Oc3ccc(-c4cc(=O)[nH]o4)cn3)C2)s1. The highest BCUT2D eigenvalue weighted by Crippen LogP contribution is 2.36. The number of ether oxygens (including phenoxy) is 2. The van der Waals surface area contributed by atoms with Crippen LogP contribution in [0.5, 0.6) is 5.88 Å². The van der Waals surface area contributed by atoms with Crippen molar-refractivity contribution in [3.05, 3.63) is 50.3 Å². The Kier molecular flexibility index (Phi) is 5.17. The van der Waals surface area contributed by atoms with Crippen molar-refractivity contribution >= 4 is 11.3 Å². The summed E-state index contributed by atoms with van der Waals surface area (Å²) in [6.45, 7) is 1.42. The lowest BCUT2D eigenvalue weighted by Gasteiger charge is -2.34. The minimum absolute atomic E-state index is 0.0908. The Morgan fingerprint density at radius 3 is 2.72 bits per heavy atom. The van der Waals surface area contributed by atoms with Gasteiger partial charge in [0.05, 0.1) is 28.7 Å². The van der Waals surface area contributed by atoms with Crippen LogP contribution in [0, 0.1) is 6.92 Å². The first-order valence-electron chi connectivity index (χ1n) is 8.74. The van der Waals surface area contributed by atoms with E-state index in [9.17, 15) is 18.0 Å². The summed E-state index contributed by atoms with van der Waals surface area (Å²) < 4.78 is 55.2. The van der Waals surface area contributed by atoms with E-state index in [4.69, 9.17) is 14.0 Å². The predicted molar refractivity (Wildman–Crippen MR) is 96.6 cm³/mol. The van der Waals surface area contributed by atoms with E-state index in [1.165, 1.54) is 12.3 Å². The van der Waals surface area contributed by atoms with Gasteiger partial charge in [-0.3, -0.25) is 4.79 Å². The molecule has 29 heavy (non-hydrogen) atoms. The van der Waals surface area contributed by atoms with E-state index in [-0.39, 0.29) is 29.3 Å². The number of nitrogens with zero attached hydrogens (tertiary/aromatic N) is 2. The van der Waals surface area contributed by atoms with Crippen LogP contribution in [0.3, 0.4) is 0 Å². The van der Waals surface area contributed by atoms with Crippen molar-refractivity contribution in [2.24, 2.45) is 0 Å². The molecule has 0 spiro atoms. The Bertz CT molecular complexity index is 1040. The van der Waals surface area contributed by atoms with Gasteiger partial charge in [0, 0.05) is 30.7 Å². The molecule has 1 aliphatic rings. The van der Waals surface area contributed by atoms with Crippen LogP contribution in [-0.4, -0.2) is 27.3 Å². The van der Waals surface area contributed by atoms with Gasteiger partial charge >= 0.3 is 6.18 Å². The van der Waals surface area contributed by atoms with Crippen molar-refractivity contribution in [3.63, 3.8) is 0 Å². The molecule has 0 bridgehead atoms. The number of aryl methyl sites for hydroxylation is 1. The van der Waals surface area contributed by atoms with Gasteiger partial charge in [0.25, 0.3) is 5.56 Å². The van der Waals surface area contributed by atoms with E-state index in [0.717, 1.165) is 11.3 Å². The topological polar surface area (TPSA) is 90.2 Å². The molecular weight excluding hydrogens is 411 g/mol. The summed E-state index contributed by atoms with van der Waals surface area (Å²) in [6, 6.07) is 4.69. The second kappa shape index (κ2) is 7.64. The van der Waals surface area contributed by atoms with Crippen molar-refractivity contribution < 1.29 is 27.2 Å². The van der Waals surface area contributed by atoms with Gasteiger partial charge in [-0.05, 0) is 13.0 Å². The van der Waals surface area contributed by atoms with E-state index < -0.39 is 11.9 Å². The molecule has 154 valence electrons. The molecule has 3 heterocycles. The second-order valence-electron chi connectivity index (χ2n) is 6.61. The summed E-state index contributed by atoms with van der Waals surface area (Å²) >= 11 is 0.995. The molecule has 0 aromatic carbocycles. The number of aromatic nitrogens is 3. The molecule has 1 aliphatic carbocycles. The molecule has 0 aliphatic heterocycles. The molecule has 11 heteroatoms. The van der Waals surface area contributed by atoms with Gasteiger partial charge in [-0.15, -0.1) is 11.3 Å². The van der Waals surface area contributed by atoms with Crippen molar-refractivity contribution in [3.8, 4) is 17.2 Å². The molecule has 4 rings (SSSR count). The van der Waals surface area contributed by atoms with Crippen LogP contribution >= 0.6 is 11.3 Å². The highest BCUT2D eigenvalue weighted by atomic mass is 32.1. The molecule has 0 radical (unpaired) electrons. The predicted octanol–water partition coefficient (Wildman–Crippen LogP) is 3.94. The Labute approximate surface area is 166 Å². The summed E-state index contributed by atoms with van der Waals surface area (Å²) in [4.78, 5) is 18.9. The van der Waals surface area contributed by atoms with E-state index in [1.54, 1.807) is 19.1 Å². The second-order valence-corrected chi connectivity index (χ2v) is 7.90. The Morgan fingerprint density at radius 1 is 1.31 bits per heavy atom. The van der Waals surface area contributed by atoms with Crippen molar-refractivity contribution in [2.75, 3.05) is 0 Å². The van der Waals surface area contributed by atoms with Crippen molar-refractivity contribution in [1.29, 1.82) is 0 Å². The highest BCUT2D eigenvalue weighted by Gasteiger charge is 2.38. The molecule has 0 atom stereocenters. The van der Waals surface area contributed by atoms with Gasteiger partial charge < -0.3 is 14.0 Å². The number of rotatable bonds is 6. The van der Waals surface area contributed by atoms with Crippen LogP contribution in [0.4, 0.5) is 13.2 Å². The minimum atomic E-state index is -4.48. The fourth-order valence-electron chi connectivity index (χ4n) is 2.92. The quantitative estimate of drug-likeness (QED) is 0.641. The molecule has 0 unspecified atom stereocenters. The first-order chi connectivity index (χ1) is 13.8. The smallest absolute Gasteiger partial charge is 0.434 e. The van der Waals surface area contributed by atoms with Gasteiger partial charge in [-0.25, -0.2) is 9.97 Å². The number of hydrogen-bond acceptors (Lipinski definition) is 7. The van der Waals surface area contributed by atoms with Crippen LogP contribution in [0.2, 0.25) is 0 Å². The maximum atomic E-state index is 13.0. The lowest BCUT2D eigenvalue weighted by Crippen LogP contribution is -2.39. The van der Waals surface area contributed by atoms with Crippen molar-refractivity contribution in [2.45, 2.75) is 44.8 Å². The number of nitrogens with one attached hydrogen (secondary N) is 1. The van der Waals surface area contributed by atoms with Crippen LogP contribution < -0.4 is 10.3 Å². The number of H-pyrrole nitrogens is 1. The number of hydrogen-bond donors (Lipinski definition) is 1.